The lowest BCUT2D eigenvalue weighted by molar-refractivity contribution is 0.0214. The van der Waals surface area contributed by atoms with Crippen molar-refractivity contribution in [3.05, 3.63) is 25.3 Å². The molecular formula is C29H57NO2. The predicted octanol–water partition coefficient (Wildman–Crippen LogP) is 8.34. The first-order valence-electron chi connectivity index (χ1n) is 13.7. The molecule has 0 amide bonds. The average Bonchev–Trinajstić information content (AvgIpc) is 2.78. The Morgan fingerprint density at radius 2 is 1.00 bits per heavy atom. The molecule has 0 rings (SSSR count). The fourth-order valence-electron chi connectivity index (χ4n) is 4.24. The minimum absolute atomic E-state index is 0.343. The number of unbranched alkanes of at least 4 members (excludes halogenated alkanes) is 11. The van der Waals surface area contributed by atoms with Crippen molar-refractivity contribution in [3.63, 3.8) is 0 Å². The molecule has 0 bridgehead atoms. The highest BCUT2D eigenvalue weighted by atomic mass is 16.5. The SMILES string of the molecule is C=CCOC(CCCCCC)CCC(CCCCCCCCCCCN(C)C)OCC=C. The molecule has 0 aromatic heterocycles. The number of nitrogens with zero attached hydrogens (tertiary/aromatic N) is 1. The Balaban J connectivity index is 3.98. The first-order chi connectivity index (χ1) is 15.6. The van der Waals surface area contributed by atoms with Crippen LogP contribution in [0.1, 0.15) is 116 Å². The van der Waals surface area contributed by atoms with Gasteiger partial charge < -0.3 is 14.4 Å². The van der Waals surface area contributed by atoms with Crippen molar-refractivity contribution in [1.82, 2.24) is 4.90 Å². The molecular weight excluding hydrogens is 394 g/mol. The summed E-state index contributed by atoms with van der Waals surface area (Å²) in [5.74, 6) is 0. The molecule has 0 aromatic carbocycles. The van der Waals surface area contributed by atoms with Crippen molar-refractivity contribution in [1.29, 1.82) is 0 Å². The van der Waals surface area contributed by atoms with Crippen LogP contribution in [0.5, 0.6) is 0 Å². The lowest BCUT2D eigenvalue weighted by Crippen LogP contribution is -2.19. The largest absolute Gasteiger partial charge is 0.374 e. The highest BCUT2D eigenvalue weighted by Gasteiger charge is 2.14. The van der Waals surface area contributed by atoms with Crippen molar-refractivity contribution < 1.29 is 9.47 Å². The van der Waals surface area contributed by atoms with E-state index in [1.165, 1.54) is 96.4 Å². The van der Waals surface area contributed by atoms with Gasteiger partial charge >= 0.3 is 0 Å². The van der Waals surface area contributed by atoms with Gasteiger partial charge in [-0.25, -0.2) is 0 Å². The van der Waals surface area contributed by atoms with Crippen LogP contribution in [0.2, 0.25) is 0 Å². The Hall–Kier alpha value is -0.640. The lowest BCUT2D eigenvalue weighted by atomic mass is 9.99. The van der Waals surface area contributed by atoms with Gasteiger partial charge in [-0.2, -0.15) is 0 Å². The number of hydrogen-bond donors (Lipinski definition) is 0. The molecule has 0 heterocycles. The number of rotatable bonds is 26. The molecule has 0 aliphatic carbocycles. The summed E-state index contributed by atoms with van der Waals surface area (Å²) in [7, 11) is 4.33. The Labute approximate surface area is 202 Å². The summed E-state index contributed by atoms with van der Waals surface area (Å²) < 4.78 is 12.1. The summed E-state index contributed by atoms with van der Waals surface area (Å²) in [5.41, 5.74) is 0. The molecule has 0 saturated heterocycles. The fraction of sp³-hybridized carbons (Fsp3) is 0.862. The average molecular weight is 452 g/mol. The van der Waals surface area contributed by atoms with Crippen molar-refractivity contribution in [2.75, 3.05) is 33.9 Å². The van der Waals surface area contributed by atoms with Crippen LogP contribution in [0.25, 0.3) is 0 Å². The van der Waals surface area contributed by atoms with E-state index in [0.29, 0.717) is 25.4 Å². The third-order valence-electron chi connectivity index (χ3n) is 6.22. The third-order valence-corrected chi connectivity index (χ3v) is 6.22. The molecule has 2 unspecified atom stereocenters. The monoisotopic (exact) mass is 451 g/mol. The van der Waals surface area contributed by atoms with Gasteiger partial charge in [0.1, 0.15) is 0 Å². The maximum absolute atomic E-state index is 6.09. The zero-order valence-electron chi connectivity index (χ0n) is 22.1. The molecule has 0 fully saturated rings. The van der Waals surface area contributed by atoms with Crippen molar-refractivity contribution in [2.45, 2.75) is 128 Å². The molecule has 0 aliphatic rings. The van der Waals surface area contributed by atoms with Crippen molar-refractivity contribution in [2.24, 2.45) is 0 Å². The Bertz CT molecular complexity index is 397. The minimum Gasteiger partial charge on any atom is -0.374 e. The maximum atomic E-state index is 6.09. The van der Waals surface area contributed by atoms with E-state index in [4.69, 9.17) is 9.47 Å². The predicted molar refractivity (Wildman–Crippen MR) is 143 cm³/mol. The van der Waals surface area contributed by atoms with Gasteiger partial charge in [-0.15, -0.1) is 13.2 Å². The van der Waals surface area contributed by atoms with Crippen LogP contribution in [0.15, 0.2) is 25.3 Å². The van der Waals surface area contributed by atoms with Gasteiger partial charge in [-0.1, -0.05) is 96.1 Å². The smallest absolute Gasteiger partial charge is 0.0648 e. The molecule has 190 valence electrons. The molecule has 32 heavy (non-hydrogen) atoms. The molecule has 0 N–H and O–H groups in total. The summed E-state index contributed by atoms with van der Waals surface area (Å²) in [6, 6.07) is 0. The van der Waals surface area contributed by atoms with E-state index in [1.54, 1.807) is 0 Å². The van der Waals surface area contributed by atoms with Crippen LogP contribution in [0.4, 0.5) is 0 Å². The molecule has 0 radical (unpaired) electrons. The van der Waals surface area contributed by atoms with E-state index in [1.807, 2.05) is 12.2 Å². The zero-order valence-corrected chi connectivity index (χ0v) is 22.1. The second-order valence-electron chi connectivity index (χ2n) is 9.69. The molecule has 3 heteroatoms. The van der Waals surface area contributed by atoms with E-state index < -0.39 is 0 Å². The van der Waals surface area contributed by atoms with Crippen LogP contribution in [0, 0.1) is 0 Å². The first kappa shape index (κ1) is 31.4. The topological polar surface area (TPSA) is 21.7 Å². The van der Waals surface area contributed by atoms with E-state index in [9.17, 15) is 0 Å². The highest BCUT2D eigenvalue weighted by Crippen LogP contribution is 2.19. The normalized spacial score (nSPS) is 13.4. The fourth-order valence-corrected chi connectivity index (χ4v) is 4.24. The summed E-state index contributed by atoms with van der Waals surface area (Å²) in [4.78, 5) is 2.29. The van der Waals surface area contributed by atoms with Gasteiger partial charge in [0.05, 0.1) is 25.4 Å². The Morgan fingerprint density at radius 1 is 0.594 bits per heavy atom. The van der Waals surface area contributed by atoms with E-state index >= 15 is 0 Å². The Kier molecular flexibility index (Phi) is 24.5. The van der Waals surface area contributed by atoms with Crippen LogP contribution in [-0.4, -0.2) is 51.0 Å². The molecule has 0 aromatic rings. The van der Waals surface area contributed by atoms with Gasteiger partial charge in [-0.05, 0) is 52.7 Å². The highest BCUT2D eigenvalue weighted by molar-refractivity contribution is 4.71. The van der Waals surface area contributed by atoms with Crippen LogP contribution < -0.4 is 0 Å². The summed E-state index contributed by atoms with van der Waals surface area (Å²) in [5, 5.41) is 0. The van der Waals surface area contributed by atoms with Crippen LogP contribution in [-0.2, 0) is 9.47 Å². The maximum Gasteiger partial charge on any atom is 0.0648 e. The van der Waals surface area contributed by atoms with Gasteiger partial charge in [-0.3, -0.25) is 0 Å². The minimum atomic E-state index is 0.343. The number of hydrogen-bond acceptors (Lipinski definition) is 3. The van der Waals surface area contributed by atoms with E-state index in [-0.39, 0.29) is 0 Å². The second-order valence-corrected chi connectivity index (χ2v) is 9.69. The molecule has 0 aliphatic heterocycles. The quantitative estimate of drug-likeness (QED) is 0.0974. The summed E-state index contributed by atoms with van der Waals surface area (Å²) in [6.07, 6.45) is 26.5. The van der Waals surface area contributed by atoms with Crippen LogP contribution >= 0.6 is 0 Å². The molecule has 3 nitrogen and oxygen atoms in total. The molecule has 0 saturated carbocycles. The Morgan fingerprint density at radius 3 is 1.41 bits per heavy atom. The van der Waals surface area contributed by atoms with E-state index in [2.05, 4.69) is 39.1 Å². The summed E-state index contributed by atoms with van der Waals surface area (Å²) >= 11 is 0. The van der Waals surface area contributed by atoms with Crippen molar-refractivity contribution >= 4 is 0 Å². The third kappa shape index (κ3) is 22.6. The van der Waals surface area contributed by atoms with Gasteiger partial charge in [0.15, 0.2) is 0 Å². The van der Waals surface area contributed by atoms with E-state index in [0.717, 1.165) is 19.3 Å². The second kappa shape index (κ2) is 25.0. The molecule has 0 spiro atoms. The van der Waals surface area contributed by atoms with Gasteiger partial charge in [0.2, 0.25) is 0 Å². The zero-order chi connectivity index (χ0) is 23.7. The van der Waals surface area contributed by atoms with Gasteiger partial charge in [0.25, 0.3) is 0 Å². The first-order valence-corrected chi connectivity index (χ1v) is 13.7. The van der Waals surface area contributed by atoms with Gasteiger partial charge in [0, 0.05) is 0 Å². The van der Waals surface area contributed by atoms with Crippen LogP contribution in [0.3, 0.4) is 0 Å². The van der Waals surface area contributed by atoms with Crippen molar-refractivity contribution in [3.8, 4) is 0 Å². The lowest BCUT2D eigenvalue weighted by Gasteiger charge is -2.22. The number of ether oxygens (including phenoxy) is 2. The molecule has 2 atom stereocenters. The summed E-state index contributed by atoms with van der Waals surface area (Å²) in [6.45, 7) is 12.5. The standard InChI is InChI=1S/C29H57NO2/c1-6-9-10-18-21-28(31-26-7-2)23-24-29(32-27-8-3)22-19-16-14-12-11-13-15-17-20-25-30(4)5/h7-8,28-29H,2-3,6,9-27H2,1,4-5H3.